The lowest BCUT2D eigenvalue weighted by molar-refractivity contribution is -0.140. The summed E-state index contributed by atoms with van der Waals surface area (Å²) in [5, 5.41) is 11.7. The van der Waals surface area contributed by atoms with Crippen LogP contribution >= 0.6 is 0 Å². The molecule has 0 saturated heterocycles. The molecule has 1 aliphatic rings. The number of carbonyl (C=O) groups excluding carboxylic acids is 1. The second kappa shape index (κ2) is 5.89. The quantitative estimate of drug-likeness (QED) is 0.744. The van der Waals surface area contributed by atoms with E-state index < -0.39 is 12.0 Å². The molecule has 0 heterocycles. The molecule has 0 aliphatic heterocycles. The van der Waals surface area contributed by atoms with E-state index >= 15 is 0 Å². The van der Waals surface area contributed by atoms with Crippen LogP contribution in [0.4, 0.5) is 4.79 Å². The molecule has 5 heteroatoms. The maximum atomic E-state index is 11.9. The van der Waals surface area contributed by atoms with Gasteiger partial charge in [0.15, 0.2) is 0 Å². The van der Waals surface area contributed by atoms with Gasteiger partial charge in [-0.15, -0.1) is 0 Å². The van der Waals surface area contributed by atoms with Gasteiger partial charge in [-0.25, -0.2) is 9.59 Å². The lowest BCUT2D eigenvalue weighted by Gasteiger charge is -2.26. The van der Waals surface area contributed by atoms with Crippen LogP contribution in [-0.4, -0.2) is 40.6 Å². The summed E-state index contributed by atoms with van der Waals surface area (Å²) >= 11 is 0. The van der Waals surface area contributed by atoms with Crippen molar-refractivity contribution in [1.82, 2.24) is 10.2 Å². The zero-order valence-electron chi connectivity index (χ0n) is 10.8. The van der Waals surface area contributed by atoms with E-state index in [9.17, 15) is 9.59 Å². The van der Waals surface area contributed by atoms with Crippen molar-refractivity contribution in [2.24, 2.45) is 5.92 Å². The Morgan fingerprint density at radius 3 is 2.35 bits per heavy atom. The normalized spacial score (nSPS) is 18.3. The summed E-state index contributed by atoms with van der Waals surface area (Å²) in [6.07, 6.45) is 2.79. The molecule has 0 bridgehead atoms. The smallest absolute Gasteiger partial charge is 0.326 e. The minimum atomic E-state index is -0.959. The number of carboxylic acids is 1. The topological polar surface area (TPSA) is 69.6 Å². The molecule has 2 atom stereocenters. The van der Waals surface area contributed by atoms with Gasteiger partial charge >= 0.3 is 12.0 Å². The highest BCUT2D eigenvalue weighted by atomic mass is 16.4. The SMILES string of the molecule is CC[C@H](C)[C@H](NC(=O)N(CC)C1CC1)C(=O)O. The third-order valence-corrected chi connectivity index (χ3v) is 3.35. The van der Waals surface area contributed by atoms with Crippen molar-refractivity contribution in [1.29, 1.82) is 0 Å². The average Bonchev–Trinajstić information content (AvgIpc) is 3.09. The van der Waals surface area contributed by atoms with Gasteiger partial charge in [0.25, 0.3) is 0 Å². The fourth-order valence-electron chi connectivity index (χ4n) is 1.85. The van der Waals surface area contributed by atoms with Gasteiger partial charge in [-0.05, 0) is 25.7 Å². The monoisotopic (exact) mass is 242 g/mol. The number of carboxylic acid groups (broad SMARTS) is 1. The second-order valence-corrected chi connectivity index (χ2v) is 4.67. The van der Waals surface area contributed by atoms with Gasteiger partial charge in [-0.2, -0.15) is 0 Å². The highest BCUT2D eigenvalue weighted by molar-refractivity contribution is 5.83. The van der Waals surface area contributed by atoms with Crippen LogP contribution in [-0.2, 0) is 4.79 Å². The van der Waals surface area contributed by atoms with Gasteiger partial charge in [0.05, 0.1) is 0 Å². The average molecular weight is 242 g/mol. The summed E-state index contributed by atoms with van der Waals surface area (Å²) in [6, 6.07) is -0.727. The van der Waals surface area contributed by atoms with Crippen molar-refractivity contribution >= 4 is 12.0 Å². The van der Waals surface area contributed by atoms with Crippen LogP contribution in [0.3, 0.4) is 0 Å². The number of carbonyl (C=O) groups is 2. The standard InChI is InChI=1S/C12H22N2O3/c1-4-8(3)10(11(15)16)13-12(17)14(5-2)9-6-7-9/h8-10H,4-7H2,1-3H3,(H,13,17)(H,15,16)/t8-,10-/m0/s1. The third-order valence-electron chi connectivity index (χ3n) is 3.35. The number of rotatable bonds is 6. The number of hydrogen-bond donors (Lipinski definition) is 2. The summed E-state index contributed by atoms with van der Waals surface area (Å²) in [5.74, 6) is -1.02. The molecule has 17 heavy (non-hydrogen) atoms. The fourth-order valence-corrected chi connectivity index (χ4v) is 1.85. The van der Waals surface area contributed by atoms with Gasteiger partial charge in [-0.3, -0.25) is 0 Å². The Balaban J connectivity index is 2.59. The Hall–Kier alpha value is -1.26. The Bertz CT molecular complexity index is 289. The Morgan fingerprint density at radius 2 is 2.00 bits per heavy atom. The van der Waals surface area contributed by atoms with E-state index in [0.717, 1.165) is 19.3 Å². The van der Waals surface area contributed by atoms with E-state index in [2.05, 4.69) is 5.32 Å². The largest absolute Gasteiger partial charge is 0.480 e. The van der Waals surface area contributed by atoms with E-state index in [1.165, 1.54) is 0 Å². The molecule has 1 saturated carbocycles. The first kappa shape index (κ1) is 13.8. The summed E-state index contributed by atoms with van der Waals surface area (Å²) in [7, 11) is 0. The maximum Gasteiger partial charge on any atom is 0.326 e. The van der Waals surface area contributed by atoms with Gasteiger partial charge in [-0.1, -0.05) is 20.3 Å². The van der Waals surface area contributed by atoms with E-state index in [4.69, 9.17) is 5.11 Å². The van der Waals surface area contributed by atoms with Gasteiger partial charge in [0.1, 0.15) is 6.04 Å². The van der Waals surface area contributed by atoms with Crippen LogP contribution in [0.2, 0.25) is 0 Å². The molecule has 1 aliphatic carbocycles. The van der Waals surface area contributed by atoms with Crippen LogP contribution in [0.15, 0.2) is 0 Å². The molecule has 0 unspecified atom stereocenters. The first-order chi connectivity index (χ1) is 8.01. The number of urea groups is 1. The van der Waals surface area contributed by atoms with Crippen molar-refractivity contribution in [2.45, 2.75) is 52.1 Å². The molecule has 0 aromatic carbocycles. The molecular formula is C12H22N2O3. The summed E-state index contributed by atoms with van der Waals surface area (Å²) in [4.78, 5) is 24.8. The number of aliphatic carboxylic acids is 1. The van der Waals surface area contributed by atoms with E-state index in [-0.39, 0.29) is 11.9 Å². The van der Waals surface area contributed by atoms with Crippen molar-refractivity contribution in [3.63, 3.8) is 0 Å². The highest BCUT2D eigenvalue weighted by Crippen LogP contribution is 2.26. The first-order valence-corrected chi connectivity index (χ1v) is 6.31. The molecule has 1 rings (SSSR count). The van der Waals surface area contributed by atoms with Crippen LogP contribution in [0, 0.1) is 5.92 Å². The van der Waals surface area contributed by atoms with Gasteiger partial charge in [0, 0.05) is 12.6 Å². The molecule has 5 nitrogen and oxygen atoms in total. The Labute approximate surface area is 102 Å². The van der Waals surface area contributed by atoms with Crippen LogP contribution in [0.5, 0.6) is 0 Å². The lowest BCUT2D eigenvalue weighted by Crippen LogP contribution is -2.51. The molecule has 2 N–H and O–H groups in total. The fraction of sp³-hybridized carbons (Fsp3) is 0.833. The van der Waals surface area contributed by atoms with Crippen molar-refractivity contribution in [2.75, 3.05) is 6.54 Å². The van der Waals surface area contributed by atoms with E-state index in [1.54, 1.807) is 4.90 Å². The predicted octanol–water partition coefficient (Wildman–Crippen LogP) is 1.68. The molecule has 2 amide bonds. The zero-order valence-corrected chi connectivity index (χ0v) is 10.8. The van der Waals surface area contributed by atoms with Crippen LogP contribution in [0.1, 0.15) is 40.0 Å². The van der Waals surface area contributed by atoms with Crippen molar-refractivity contribution < 1.29 is 14.7 Å². The number of hydrogen-bond acceptors (Lipinski definition) is 2. The van der Waals surface area contributed by atoms with Crippen molar-refractivity contribution in [3.8, 4) is 0 Å². The molecule has 0 aromatic heterocycles. The molecule has 0 spiro atoms. The van der Waals surface area contributed by atoms with Crippen molar-refractivity contribution in [3.05, 3.63) is 0 Å². The maximum absolute atomic E-state index is 11.9. The minimum Gasteiger partial charge on any atom is -0.480 e. The summed E-state index contributed by atoms with van der Waals surface area (Å²) < 4.78 is 0. The molecule has 0 aromatic rings. The summed E-state index contributed by atoms with van der Waals surface area (Å²) in [5.41, 5.74) is 0. The Morgan fingerprint density at radius 1 is 1.41 bits per heavy atom. The molecule has 0 radical (unpaired) electrons. The van der Waals surface area contributed by atoms with E-state index in [0.29, 0.717) is 12.6 Å². The second-order valence-electron chi connectivity index (χ2n) is 4.67. The highest BCUT2D eigenvalue weighted by Gasteiger charge is 2.34. The van der Waals surface area contributed by atoms with Crippen LogP contribution < -0.4 is 5.32 Å². The Kier molecular flexibility index (Phi) is 4.78. The minimum absolute atomic E-state index is 0.0608. The van der Waals surface area contributed by atoms with Gasteiger partial charge in [0.2, 0.25) is 0 Å². The number of amides is 2. The van der Waals surface area contributed by atoms with Crippen LogP contribution in [0.25, 0.3) is 0 Å². The molecular weight excluding hydrogens is 220 g/mol. The molecule has 1 fully saturated rings. The summed E-state index contributed by atoms with van der Waals surface area (Å²) in [6.45, 7) is 6.30. The van der Waals surface area contributed by atoms with E-state index in [1.807, 2.05) is 20.8 Å². The van der Waals surface area contributed by atoms with Gasteiger partial charge < -0.3 is 15.3 Å². The molecule has 98 valence electrons. The first-order valence-electron chi connectivity index (χ1n) is 6.31. The predicted molar refractivity (Wildman–Crippen MR) is 64.8 cm³/mol. The third kappa shape index (κ3) is 3.61. The zero-order chi connectivity index (χ0) is 13.0. The number of nitrogens with zero attached hydrogens (tertiary/aromatic N) is 1. The lowest BCUT2D eigenvalue weighted by atomic mass is 9.99. The number of nitrogens with one attached hydrogen (secondary N) is 1.